The summed E-state index contributed by atoms with van der Waals surface area (Å²) in [5.41, 5.74) is 0. The van der Waals surface area contributed by atoms with Gasteiger partial charge < -0.3 is 10.4 Å². The Morgan fingerprint density at radius 1 is 1.67 bits per heavy atom. The van der Waals surface area contributed by atoms with Crippen molar-refractivity contribution in [3.63, 3.8) is 0 Å². The second-order valence-corrected chi connectivity index (χ2v) is 3.67. The molecule has 0 aromatic heterocycles. The molecule has 0 amide bonds. The van der Waals surface area contributed by atoms with Gasteiger partial charge in [-0.1, -0.05) is 12.5 Å². The van der Waals surface area contributed by atoms with Crippen LogP contribution in [0, 0.1) is 5.92 Å². The summed E-state index contributed by atoms with van der Waals surface area (Å²) in [5, 5.41) is 12.5. The summed E-state index contributed by atoms with van der Waals surface area (Å²) in [6, 6.07) is 0.866. The molecule has 1 saturated carbocycles. The largest absolute Gasteiger partial charge is 0.396 e. The maximum absolute atomic E-state index is 9.06. The van der Waals surface area contributed by atoms with Crippen LogP contribution < -0.4 is 5.32 Å². The first-order valence-electron chi connectivity index (χ1n) is 4.77. The molecule has 0 aromatic carbocycles. The molecule has 0 radical (unpaired) electrons. The van der Waals surface area contributed by atoms with Gasteiger partial charge in [-0.15, -0.1) is 6.58 Å². The van der Waals surface area contributed by atoms with Crippen LogP contribution in [0.4, 0.5) is 0 Å². The number of aliphatic hydroxyl groups excluding tert-OH is 1. The molecule has 0 saturated heterocycles. The number of hydrogen-bond acceptors (Lipinski definition) is 2. The molecule has 1 fully saturated rings. The van der Waals surface area contributed by atoms with Gasteiger partial charge in [0.2, 0.25) is 0 Å². The van der Waals surface area contributed by atoms with Crippen molar-refractivity contribution < 1.29 is 5.11 Å². The maximum Gasteiger partial charge on any atom is 0.0474 e. The van der Waals surface area contributed by atoms with Gasteiger partial charge >= 0.3 is 0 Å². The maximum atomic E-state index is 9.06. The van der Waals surface area contributed by atoms with Crippen molar-refractivity contribution in [3.05, 3.63) is 12.7 Å². The van der Waals surface area contributed by atoms with Crippen LogP contribution in [-0.4, -0.2) is 23.8 Å². The summed E-state index contributed by atoms with van der Waals surface area (Å²) in [6.45, 7) is 6.15. The van der Waals surface area contributed by atoms with Crippen LogP contribution in [0.2, 0.25) is 0 Å². The molecule has 2 N–H and O–H groups in total. The van der Waals surface area contributed by atoms with Gasteiger partial charge in [0.05, 0.1) is 0 Å². The van der Waals surface area contributed by atoms with Crippen molar-refractivity contribution in [2.75, 3.05) is 6.61 Å². The quantitative estimate of drug-likeness (QED) is 0.622. The van der Waals surface area contributed by atoms with Crippen molar-refractivity contribution in [1.29, 1.82) is 0 Å². The molecule has 12 heavy (non-hydrogen) atoms. The molecule has 0 bridgehead atoms. The van der Waals surface area contributed by atoms with Crippen LogP contribution in [0.5, 0.6) is 0 Å². The van der Waals surface area contributed by atoms with E-state index in [1.807, 2.05) is 6.08 Å². The topological polar surface area (TPSA) is 32.3 Å². The molecule has 3 atom stereocenters. The van der Waals surface area contributed by atoms with Gasteiger partial charge in [-0.3, -0.25) is 0 Å². The average Bonchev–Trinajstić information content (AvgIpc) is 2.51. The highest BCUT2D eigenvalue weighted by Crippen LogP contribution is 2.25. The van der Waals surface area contributed by atoms with Crippen molar-refractivity contribution >= 4 is 0 Å². The van der Waals surface area contributed by atoms with Crippen LogP contribution in [0.3, 0.4) is 0 Å². The fraction of sp³-hybridized carbons (Fsp3) is 0.800. The van der Waals surface area contributed by atoms with Crippen molar-refractivity contribution in [1.82, 2.24) is 5.32 Å². The Morgan fingerprint density at radius 3 is 3.00 bits per heavy atom. The smallest absolute Gasteiger partial charge is 0.0474 e. The highest BCUT2D eigenvalue weighted by molar-refractivity contribution is 4.89. The van der Waals surface area contributed by atoms with Gasteiger partial charge in [0.25, 0.3) is 0 Å². The number of nitrogens with one attached hydrogen (secondary N) is 1. The van der Waals surface area contributed by atoms with Crippen LogP contribution >= 0.6 is 0 Å². The lowest BCUT2D eigenvalue weighted by Crippen LogP contribution is -2.38. The molecular formula is C10H19NO. The first-order valence-corrected chi connectivity index (χ1v) is 4.77. The minimum Gasteiger partial charge on any atom is -0.396 e. The summed E-state index contributed by atoms with van der Waals surface area (Å²) in [6.07, 6.45) is 5.51. The lowest BCUT2D eigenvalue weighted by molar-refractivity contribution is 0.203. The first kappa shape index (κ1) is 9.75. The molecule has 3 unspecified atom stereocenters. The lowest BCUT2D eigenvalue weighted by atomic mass is 10.0. The van der Waals surface area contributed by atoms with Crippen molar-refractivity contribution in [2.45, 2.75) is 38.3 Å². The van der Waals surface area contributed by atoms with Gasteiger partial charge in [0.15, 0.2) is 0 Å². The Kier molecular flexibility index (Phi) is 3.76. The molecule has 70 valence electrons. The summed E-state index contributed by atoms with van der Waals surface area (Å²) in [5.74, 6) is 0.465. The van der Waals surface area contributed by atoms with E-state index in [9.17, 15) is 0 Å². The van der Waals surface area contributed by atoms with E-state index < -0.39 is 0 Å². The normalized spacial score (nSPS) is 31.8. The third-order valence-electron chi connectivity index (χ3n) is 2.72. The van der Waals surface area contributed by atoms with Crippen LogP contribution in [-0.2, 0) is 0 Å². The van der Waals surface area contributed by atoms with Gasteiger partial charge in [-0.05, 0) is 25.7 Å². The van der Waals surface area contributed by atoms with E-state index in [0.29, 0.717) is 24.6 Å². The van der Waals surface area contributed by atoms with Gasteiger partial charge in [0, 0.05) is 18.7 Å². The predicted octanol–water partition coefficient (Wildman–Crippen LogP) is 1.31. The third-order valence-corrected chi connectivity index (χ3v) is 2.72. The lowest BCUT2D eigenvalue weighted by Gasteiger charge is -2.21. The van der Waals surface area contributed by atoms with Crippen LogP contribution in [0.15, 0.2) is 12.7 Å². The van der Waals surface area contributed by atoms with Crippen molar-refractivity contribution in [2.24, 2.45) is 5.92 Å². The SMILES string of the molecule is C=CC(C)NC1CCCC1CO. The van der Waals surface area contributed by atoms with E-state index in [1.54, 1.807) is 0 Å². The fourth-order valence-corrected chi connectivity index (χ4v) is 1.88. The minimum atomic E-state index is 0.321. The Morgan fingerprint density at radius 2 is 2.42 bits per heavy atom. The predicted molar refractivity (Wildman–Crippen MR) is 51.0 cm³/mol. The van der Waals surface area contributed by atoms with E-state index >= 15 is 0 Å². The standard InChI is InChI=1S/C10H19NO/c1-3-8(2)11-10-6-4-5-9(10)7-12/h3,8-12H,1,4-7H2,2H3. The van der Waals surface area contributed by atoms with Crippen LogP contribution in [0.25, 0.3) is 0 Å². The Balaban J connectivity index is 2.34. The monoisotopic (exact) mass is 169 g/mol. The van der Waals surface area contributed by atoms with Gasteiger partial charge in [-0.25, -0.2) is 0 Å². The molecule has 0 heterocycles. The zero-order valence-electron chi connectivity index (χ0n) is 7.79. The van der Waals surface area contributed by atoms with E-state index in [2.05, 4.69) is 18.8 Å². The molecule has 0 spiro atoms. The fourth-order valence-electron chi connectivity index (χ4n) is 1.88. The highest BCUT2D eigenvalue weighted by atomic mass is 16.3. The number of aliphatic hydroxyl groups is 1. The first-order chi connectivity index (χ1) is 5.77. The van der Waals surface area contributed by atoms with Gasteiger partial charge in [-0.2, -0.15) is 0 Å². The molecule has 0 aromatic rings. The zero-order chi connectivity index (χ0) is 8.97. The Hall–Kier alpha value is -0.340. The summed E-state index contributed by atoms with van der Waals surface area (Å²) >= 11 is 0. The van der Waals surface area contributed by atoms with Gasteiger partial charge in [0.1, 0.15) is 0 Å². The van der Waals surface area contributed by atoms with E-state index in [1.165, 1.54) is 12.8 Å². The van der Waals surface area contributed by atoms with E-state index in [-0.39, 0.29) is 0 Å². The Labute approximate surface area is 74.7 Å². The number of rotatable bonds is 4. The molecule has 1 aliphatic carbocycles. The third kappa shape index (κ3) is 2.32. The second-order valence-electron chi connectivity index (χ2n) is 3.67. The average molecular weight is 169 g/mol. The molecule has 1 aliphatic rings. The van der Waals surface area contributed by atoms with E-state index in [0.717, 1.165) is 6.42 Å². The summed E-state index contributed by atoms with van der Waals surface area (Å²) < 4.78 is 0. The summed E-state index contributed by atoms with van der Waals surface area (Å²) in [7, 11) is 0. The molecule has 1 rings (SSSR count). The second kappa shape index (κ2) is 4.63. The molecule has 2 nitrogen and oxygen atoms in total. The Bertz CT molecular complexity index is 147. The number of hydrogen-bond donors (Lipinski definition) is 2. The van der Waals surface area contributed by atoms with Crippen LogP contribution in [0.1, 0.15) is 26.2 Å². The molecule has 2 heteroatoms. The molecular weight excluding hydrogens is 150 g/mol. The van der Waals surface area contributed by atoms with E-state index in [4.69, 9.17) is 5.11 Å². The summed E-state index contributed by atoms with van der Waals surface area (Å²) in [4.78, 5) is 0. The zero-order valence-corrected chi connectivity index (χ0v) is 7.79. The minimum absolute atomic E-state index is 0.321. The molecule has 0 aliphatic heterocycles. The van der Waals surface area contributed by atoms with Crippen molar-refractivity contribution in [3.8, 4) is 0 Å². The highest BCUT2D eigenvalue weighted by Gasteiger charge is 2.26.